The van der Waals surface area contributed by atoms with Crippen LogP contribution < -0.4 is 0 Å². The molecule has 0 N–H and O–H groups in total. The molecule has 2 saturated carbocycles. The molecule has 0 saturated heterocycles. The Morgan fingerprint density at radius 1 is 0.914 bits per heavy atom. The Hall–Kier alpha value is -2.82. The van der Waals surface area contributed by atoms with E-state index < -0.39 is 4.92 Å². The predicted molar refractivity (Wildman–Crippen MR) is 134 cm³/mol. The second-order valence-electron chi connectivity index (χ2n) is 7.65. The van der Waals surface area contributed by atoms with Gasteiger partial charge in [-0.3, -0.25) is 19.9 Å². The Balaban J connectivity index is 0.000000509. The molecule has 1 aromatic heterocycles. The fourth-order valence-electron chi connectivity index (χ4n) is 3.77. The van der Waals surface area contributed by atoms with E-state index in [9.17, 15) is 14.9 Å². The number of aryl methyl sites for hydroxylation is 1. The van der Waals surface area contributed by atoms with Crippen molar-refractivity contribution in [2.45, 2.75) is 6.92 Å². The topological polar surface area (TPSA) is 73.1 Å². The number of fused-ring (bicyclic) bond motifs is 1. The Kier molecular flexibility index (Phi) is 9.76. The first kappa shape index (κ1) is 26.8. The largest absolute Gasteiger partial charge is 2.00 e. The van der Waals surface area contributed by atoms with Gasteiger partial charge in [0.2, 0.25) is 0 Å². The molecule has 6 heteroatoms. The van der Waals surface area contributed by atoms with Crippen molar-refractivity contribution in [2.24, 2.45) is 0 Å². The summed E-state index contributed by atoms with van der Waals surface area (Å²) in [5.74, 6) is 0.741. The van der Waals surface area contributed by atoms with E-state index in [2.05, 4.69) is 4.98 Å². The van der Waals surface area contributed by atoms with Crippen molar-refractivity contribution in [3.05, 3.63) is 146 Å². The molecule has 3 aromatic rings. The smallest absolute Gasteiger partial charge is 0.289 e. The third kappa shape index (κ3) is 6.65. The van der Waals surface area contributed by atoms with Gasteiger partial charge in [0.05, 0.1) is 16.0 Å². The number of benzene rings is 2. The second-order valence-corrected chi connectivity index (χ2v) is 7.65. The molecule has 0 unspecified atom stereocenters. The normalized spacial score (nSPS) is 15.6. The van der Waals surface area contributed by atoms with E-state index in [1.54, 1.807) is 19.1 Å². The van der Waals surface area contributed by atoms with E-state index >= 15 is 0 Å². The van der Waals surface area contributed by atoms with Crippen molar-refractivity contribution < 1.29 is 26.8 Å². The minimum atomic E-state index is -0.440. The molecule has 0 amide bonds. The van der Waals surface area contributed by atoms with Crippen LogP contribution in [-0.4, -0.2) is 15.7 Å². The summed E-state index contributed by atoms with van der Waals surface area (Å²) in [6.45, 7) is 1.79. The predicted octanol–water partition coefficient (Wildman–Crippen LogP) is 6.28. The molecule has 0 spiro atoms. The average molecular weight is 502 g/mol. The van der Waals surface area contributed by atoms with Crippen LogP contribution in [0, 0.1) is 80.7 Å². The number of aromatic nitrogens is 1. The van der Waals surface area contributed by atoms with E-state index in [0.29, 0.717) is 27.7 Å². The van der Waals surface area contributed by atoms with Crippen LogP contribution in [0.2, 0.25) is 0 Å². The summed E-state index contributed by atoms with van der Waals surface area (Å²) in [6, 6.07) is 14.0. The van der Waals surface area contributed by atoms with Gasteiger partial charge in [-0.05, 0) is 82.4 Å². The first-order valence-corrected chi connectivity index (χ1v) is 10.8. The molecule has 0 aliphatic heterocycles. The molecule has 172 valence electrons. The van der Waals surface area contributed by atoms with Crippen LogP contribution >= 0.6 is 0 Å². The van der Waals surface area contributed by atoms with Crippen molar-refractivity contribution in [3.63, 3.8) is 0 Å². The van der Waals surface area contributed by atoms with Gasteiger partial charge in [-0.1, -0.05) is 36.4 Å². The zero-order valence-electron chi connectivity index (χ0n) is 18.9. The molecule has 10 radical (unpaired) electrons. The van der Waals surface area contributed by atoms with E-state index in [1.165, 1.54) is 18.2 Å². The summed E-state index contributed by atoms with van der Waals surface area (Å²) in [5.41, 5.74) is 3.09. The number of non-ortho nitro benzene ring substituents is 1. The maximum Gasteiger partial charge on any atom is 2.00 e. The fourth-order valence-corrected chi connectivity index (χ4v) is 3.77. The summed E-state index contributed by atoms with van der Waals surface area (Å²) in [6.07, 6.45) is 20.9. The van der Waals surface area contributed by atoms with Crippen LogP contribution in [0.1, 0.15) is 16.1 Å². The van der Waals surface area contributed by atoms with Crippen molar-refractivity contribution in [1.82, 2.24) is 4.98 Å². The first-order valence-electron chi connectivity index (χ1n) is 10.8. The molecule has 0 bridgehead atoms. The molecule has 1 heterocycles. The van der Waals surface area contributed by atoms with Gasteiger partial charge < -0.3 is 0 Å². The van der Waals surface area contributed by atoms with Gasteiger partial charge in [-0.25, -0.2) is 0 Å². The molecular weight excluding hydrogens is 480 g/mol. The van der Waals surface area contributed by atoms with E-state index in [0.717, 1.165) is 11.5 Å². The molecule has 5 rings (SSSR count). The number of nitrogens with zero attached hydrogens (tertiary/aromatic N) is 2. The van der Waals surface area contributed by atoms with Crippen molar-refractivity contribution in [2.75, 3.05) is 0 Å². The summed E-state index contributed by atoms with van der Waals surface area (Å²) in [4.78, 5) is 28.6. The maximum absolute atomic E-state index is 13.2. The molecule has 2 fully saturated rings. The summed E-state index contributed by atoms with van der Waals surface area (Å²) < 4.78 is 0. The van der Waals surface area contributed by atoms with Crippen LogP contribution in [0.4, 0.5) is 5.69 Å². The van der Waals surface area contributed by atoms with Gasteiger partial charge in [0.1, 0.15) is 0 Å². The monoisotopic (exact) mass is 502 g/mol. The van der Waals surface area contributed by atoms with Gasteiger partial charge in [0, 0.05) is 34.7 Å². The van der Waals surface area contributed by atoms with Gasteiger partial charge in [-0.2, -0.15) is 0 Å². The zero-order chi connectivity index (χ0) is 23.9. The van der Waals surface area contributed by atoms with Gasteiger partial charge in [0.15, 0.2) is 5.78 Å². The number of nitro benzene ring substituents is 1. The number of hydrogen-bond donors (Lipinski definition) is 0. The molecule has 2 aliphatic carbocycles. The number of ketones is 1. The number of pyridine rings is 1. The fraction of sp³-hybridized carbons (Fsp3) is 0.0345. The first-order chi connectivity index (χ1) is 16.5. The van der Waals surface area contributed by atoms with Crippen LogP contribution in [-0.2, 0) is 17.1 Å². The Bertz CT molecular complexity index is 1190. The Morgan fingerprint density at radius 2 is 1.54 bits per heavy atom. The number of carbonyl (C=O) groups is 1. The van der Waals surface area contributed by atoms with Crippen LogP contribution in [0.25, 0.3) is 22.0 Å². The van der Waals surface area contributed by atoms with E-state index in [4.69, 9.17) is 0 Å². The summed E-state index contributed by atoms with van der Waals surface area (Å²) in [5, 5.41) is 11.9. The van der Waals surface area contributed by atoms with Crippen molar-refractivity contribution >= 4 is 22.4 Å². The van der Waals surface area contributed by atoms with Crippen LogP contribution in [0.5, 0.6) is 0 Å². The number of rotatable bonds is 5. The van der Waals surface area contributed by atoms with Crippen LogP contribution in [0.3, 0.4) is 0 Å². The van der Waals surface area contributed by atoms with Gasteiger partial charge in [-0.15, -0.1) is 0 Å². The number of nitro groups is 1. The molecule has 35 heavy (non-hydrogen) atoms. The average Bonchev–Trinajstić information content (AvgIpc) is 3.59. The van der Waals surface area contributed by atoms with Crippen LogP contribution in [0.15, 0.2) is 60.7 Å². The molecule has 5 nitrogen and oxygen atoms in total. The van der Waals surface area contributed by atoms with E-state index in [1.807, 2.05) is 88.1 Å². The zero-order valence-corrected chi connectivity index (χ0v) is 20.0. The molecule has 2 aliphatic rings. The Morgan fingerprint density at radius 3 is 2.14 bits per heavy atom. The maximum atomic E-state index is 13.2. The summed E-state index contributed by atoms with van der Waals surface area (Å²) in [7, 11) is 0. The van der Waals surface area contributed by atoms with Gasteiger partial charge >= 0.3 is 17.1 Å². The number of hydrogen-bond acceptors (Lipinski definition) is 4. The van der Waals surface area contributed by atoms with Crippen molar-refractivity contribution in [1.29, 1.82) is 0 Å². The van der Waals surface area contributed by atoms with Crippen molar-refractivity contribution in [3.8, 4) is 11.1 Å². The number of allylic oxidation sites excluding steroid dienone is 2. The number of carbonyl (C=O) groups excluding carboxylic acids is 1. The molecule has 2 aromatic carbocycles. The Labute approximate surface area is 217 Å². The minimum absolute atomic E-state index is 0. The molecule has 0 atom stereocenters. The quantitative estimate of drug-likeness (QED) is 0.135. The summed E-state index contributed by atoms with van der Waals surface area (Å²) >= 11 is 0. The third-order valence-corrected chi connectivity index (χ3v) is 5.34. The second kappa shape index (κ2) is 12.8. The SMILES string of the molecule is Cc1nc2ccc([N+](=O)[O-])cc2c(-c2ccccc2)c1C(=O)/C=C/[C]1[CH][CH][CH][CH]1.[CH]1[CH][CH][CH][CH]1.[Fe+2]. The third-order valence-electron chi connectivity index (χ3n) is 5.34. The standard InChI is InChI=1S/C24H17N2O3.C5H5.Fe/c1-16-23(22(27)14-11-17-7-5-6-8-17)24(18-9-3-2-4-10-18)20-15-19(26(28)29)12-13-21(20)25-16;1-2-4-5-3-1;/h2-15H,1H3;1-5H;/q;;+2/b14-11+;;. The van der Waals surface area contributed by atoms with Gasteiger partial charge in [0.25, 0.3) is 5.69 Å². The van der Waals surface area contributed by atoms with E-state index in [-0.39, 0.29) is 28.5 Å². The minimum Gasteiger partial charge on any atom is -0.289 e. The molecular formula is C29H22FeN2O3+2.